The smallest absolute Gasteiger partial charge is 0.240 e. The number of para-hydroxylation sites is 1. The number of carbonyl (C=O) groups is 1. The molecule has 1 aliphatic rings. The number of amides is 1. The van der Waals surface area contributed by atoms with E-state index in [1.807, 2.05) is 45.0 Å². The van der Waals surface area contributed by atoms with Crippen LogP contribution in [0.15, 0.2) is 24.3 Å². The Balaban J connectivity index is 2.11. The Labute approximate surface area is 114 Å². The van der Waals surface area contributed by atoms with Crippen molar-refractivity contribution in [2.75, 3.05) is 13.2 Å². The molecule has 1 aromatic rings. The lowest BCUT2D eigenvalue weighted by atomic mass is 9.98. The molecule has 1 unspecified atom stereocenters. The molecule has 0 bridgehead atoms. The van der Waals surface area contributed by atoms with Crippen LogP contribution in [0.1, 0.15) is 38.8 Å². The van der Waals surface area contributed by atoms with Crippen molar-refractivity contribution < 1.29 is 9.53 Å². The van der Waals surface area contributed by atoms with Crippen LogP contribution in [-0.4, -0.2) is 24.6 Å². The highest BCUT2D eigenvalue weighted by atomic mass is 16.5. The van der Waals surface area contributed by atoms with E-state index in [-0.39, 0.29) is 11.9 Å². The van der Waals surface area contributed by atoms with Gasteiger partial charge in [-0.1, -0.05) is 25.1 Å². The van der Waals surface area contributed by atoms with Gasteiger partial charge in [-0.15, -0.1) is 0 Å². The molecule has 0 spiro atoms. The van der Waals surface area contributed by atoms with E-state index in [1.165, 1.54) is 0 Å². The zero-order chi connectivity index (χ0) is 13.9. The molecule has 104 valence electrons. The largest absolute Gasteiger partial charge is 0.493 e. The minimum atomic E-state index is -0.554. The molecule has 0 fully saturated rings. The minimum absolute atomic E-state index is 0.0241. The molecule has 1 atom stereocenters. The summed E-state index contributed by atoms with van der Waals surface area (Å²) in [6.45, 7) is 7.21. The summed E-state index contributed by atoms with van der Waals surface area (Å²) in [4.78, 5) is 12.3. The number of rotatable bonds is 4. The topological polar surface area (TPSA) is 50.4 Å². The second kappa shape index (κ2) is 5.61. The van der Waals surface area contributed by atoms with Gasteiger partial charge in [0.05, 0.1) is 18.2 Å². The molecule has 0 aliphatic carbocycles. The van der Waals surface area contributed by atoms with Gasteiger partial charge in [0.15, 0.2) is 0 Å². The molecule has 19 heavy (non-hydrogen) atoms. The summed E-state index contributed by atoms with van der Waals surface area (Å²) in [5.41, 5.74) is 0.511. The monoisotopic (exact) mass is 262 g/mol. The van der Waals surface area contributed by atoms with Crippen molar-refractivity contribution in [3.8, 4) is 5.75 Å². The molecule has 0 aromatic heterocycles. The van der Waals surface area contributed by atoms with E-state index in [2.05, 4.69) is 10.6 Å². The van der Waals surface area contributed by atoms with Crippen molar-refractivity contribution in [1.29, 1.82) is 0 Å². The van der Waals surface area contributed by atoms with E-state index in [0.717, 1.165) is 24.3 Å². The van der Waals surface area contributed by atoms with E-state index in [9.17, 15) is 4.79 Å². The van der Waals surface area contributed by atoms with Gasteiger partial charge >= 0.3 is 0 Å². The Hall–Kier alpha value is -1.55. The lowest BCUT2D eigenvalue weighted by Crippen LogP contribution is -2.53. The summed E-state index contributed by atoms with van der Waals surface area (Å²) >= 11 is 0. The summed E-state index contributed by atoms with van der Waals surface area (Å²) in [5.74, 6) is 0.899. The number of fused-ring (bicyclic) bond motifs is 1. The van der Waals surface area contributed by atoms with Gasteiger partial charge in [0.2, 0.25) is 5.91 Å². The van der Waals surface area contributed by atoms with Crippen LogP contribution in [0, 0.1) is 0 Å². The molecule has 0 radical (unpaired) electrons. The number of hydrogen-bond donors (Lipinski definition) is 2. The third-order valence-electron chi connectivity index (χ3n) is 3.45. The SMILES string of the molecule is CCNC(C)(C)C(=O)NC1CCOc2ccccc21. The third kappa shape index (κ3) is 3.07. The van der Waals surface area contributed by atoms with E-state index < -0.39 is 5.54 Å². The van der Waals surface area contributed by atoms with Gasteiger partial charge in [-0.3, -0.25) is 4.79 Å². The number of hydrogen-bond acceptors (Lipinski definition) is 3. The summed E-state index contributed by atoms with van der Waals surface area (Å²) in [6.07, 6.45) is 0.810. The Kier molecular flexibility index (Phi) is 4.10. The van der Waals surface area contributed by atoms with E-state index in [1.54, 1.807) is 0 Å². The lowest BCUT2D eigenvalue weighted by molar-refractivity contribution is -0.127. The molecular formula is C15H22N2O2. The number of nitrogens with one attached hydrogen (secondary N) is 2. The van der Waals surface area contributed by atoms with Crippen molar-refractivity contribution >= 4 is 5.91 Å². The molecule has 4 nitrogen and oxygen atoms in total. The molecule has 1 aliphatic heterocycles. The van der Waals surface area contributed by atoms with E-state index >= 15 is 0 Å². The highest BCUT2D eigenvalue weighted by Crippen LogP contribution is 2.31. The fourth-order valence-corrected chi connectivity index (χ4v) is 2.35. The molecule has 4 heteroatoms. The van der Waals surface area contributed by atoms with Crippen LogP contribution in [0.3, 0.4) is 0 Å². The first-order valence-electron chi connectivity index (χ1n) is 6.82. The molecule has 0 saturated heterocycles. The van der Waals surface area contributed by atoms with Crippen LogP contribution in [0.2, 0.25) is 0 Å². The fourth-order valence-electron chi connectivity index (χ4n) is 2.35. The summed E-state index contributed by atoms with van der Waals surface area (Å²) < 4.78 is 5.60. The first-order chi connectivity index (χ1) is 9.04. The number of benzene rings is 1. The zero-order valence-electron chi connectivity index (χ0n) is 11.8. The average molecular weight is 262 g/mol. The number of likely N-dealkylation sites (N-methyl/N-ethyl adjacent to an activating group) is 1. The van der Waals surface area contributed by atoms with Gasteiger partial charge in [0.1, 0.15) is 5.75 Å². The highest BCUT2D eigenvalue weighted by Gasteiger charge is 2.30. The van der Waals surface area contributed by atoms with Gasteiger partial charge < -0.3 is 15.4 Å². The van der Waals surface area contributed by atoms with Gasteiger partial charge in [-0.2, -0.15) is 0 Å². The predicted octanol–water partition coefficient (Wildman–Crippen LogP) is 2.01. The molecule has 1 aromatic carbocycles. The first kappa shape index (κ1) is 13.9. The summed E-state index contributed by atoms with van der Waals surface area (Å²) in [5, 5.41) is 6.31. The predicted molar refractivity (Wildman–Crippen MR) is 75.2 cm³/mol. The fraction of sp³-hybridized carbons (Fsp3) is 0.533. The van der Waals surface area contributed by atoms with Crippen molar-refractivity contribution in [3.05, 3.63) is 29.8 Å². The van der Waals surface area contributed by atoms with Crippen molar-refractivity contribution in [2.45, 2.75) is 38.8 Å². The average Bonchev–Trinajstić information content (AvgIpc) is 2.39. The van der Waals surface area contributed by atoms with Gasteiger partial charge in [0.25, 0.3) is 0 Å². The maximum Gasteiger partial charge on any atom is 0.240 e. The molecule has 0 saturated carbocycles. The van der Waals surface area contributed by atoms with Crippen LogP contribution < -0.4 is 15.4 Å². The van der Waals surface area contributed by atoms with Crippen LogP contribution in [-0.2, 0) is 4.79 Å². The van der Waals surface area contributed by atoms with Crippen LogP contribution in [0.5, 0.6) is 5.75 Å². The Morgan fingerprint density at radius 1 is 1.42 bits per heavy atom. The van der Waals surface area contributed by atoms with E-state index in [4.69, 9.17) is 4.74 Å². The van der Waals surface area contributed by atoms with Gasteiger partial charge in [0, 0.05) is 12.0 Å². The van der Waals surface area contributed by atoms with Crippen LogP contribution in [0.25, 0.3) is 0 Å². The molecule has 2 rings (SSSR count). The second-order valence-electron chi connectivity index (χ2n) is 5.36. The van der Waals surface area contributed by atoms with Crippen LogP contribution in [0.4, 0.5) is 0 Å². The van der Waals surface area contributed by atoms with Crippen molar-refractivity contribution in [3.63, 3.8) is 0 Å². The maximum absolute atomic E-state index is 12.3. The third-order valence-corrected chi connectivity index (χ3v) is 3.45. The second-order valence-corrected chi connectivity index (χ2v) is 5.36. The standard InChI is InChI=1S/C15H22N2O2/c1-4-16-15(2,3)14(18)17-12-9-10-19-13-8-6-5-7-11(12)13/h5-8,12,16H,4,9-10H2,1-3H3,(H,17,18). The summed E-state index contributed by atoms with van der Waals surface area (Å²) in [7, 11) is 0. The van der Waals surface area contributed by atoms with Crippen molar-refractivity contribution in [2.24, 2.45) is 0 Å². The normalized spacial score (nSPS) is 18.4. The van der Waals surface area contributed by atoms with Gasteiger partial charge in [-0.05, 0) is 26.5 Å². The lowest BCUT2D eigenvalue weighted by Gasteiger charge is -2.31. The Bertz CT molecular complexity index is 457. The minimum Gasteiger partial charge on any atom is -0.493 e. The summed E-state index contributed by atoms with van der Waals surface area (Å²) in [6, 6.07) is 7.92. The molecule has 2 N–H and O–H groups in total. The highest BCUT2D eigenvalue weighted by molar-refractivity contribution is 5.85. The van der Waals surface area contributed by atoms with E-state index in [0.29, 0.717) is 6.61 Å². The number of ether oxygens (including phenoxy) is 1. The van der Waals surface area contributed by atoms with Gasteiger partial charge in [-0.25, -0.2) is 0 Å². The molecule has 1 amide bonds. The molecule has 1 heterocycles. The zero-order valence-corrected chi connectivity index (χ0v) is 11.8. The Morgan fingerprint density at radius 2 is 2.16 bits per heavy atom. The Morgan fingerprint density at radius 3 is 2.89 bits per heavy atom. The van der Waals surface area contributed by atoms with Crippen molar-refractivity contribution in [1.82, 2.24) is 10.6 Å². The van der Waals surface area contributed by atoms with Crippen LogP contribution >= 0.6 is 0 Å². The first-order valence-corrected chi connectivity index (χ1v) is 6.82. The maximum atomic E-state index is 12.3. The molecular weight excluding hydrogens is 240 g/mol. The quantitative estimate of drug-likeness (QED) is 0.872. The number of carbonyl (C=O) groups excluding carboxylic acids is 1.